The first kappa shape index (κ1) is 13.6. The highest BCUT2D eigenvalue weighted by molar-refractivity contribution is 5.78. The van der Waals surface area contributed by atoms with E-state index in [0.29, 0.717) is 12.1 Å². The summed E-state index contributed by atoms with van der Waals surface area (Å²) in [5, 5.41) is 2.74. The van der Waals surface area contributed by atoms with Gasteiger partial charge in [-0.1, -0.05) is 25.1 Å². The van der Waals surface area contributed by atoms with Crippen LogP contribution in [0.3, 0.4) is 0 Å². The van der Waals surface area contributed by atoms with Crippen LogP contribution in [0.2, 0.25) is 0 Å². The highest BCUT2D eigenvalue weighted by Gasteiger charge is 2.07. The number of amides is 1. The van der Waals surface area contributed by atoms with Gasteiger partial charge in [-0.2, -0.15) is 0 Å². The Labute approximate surface area is 101 Å². The Morgan fingerprint density at radius 1 is 1.47 bits per heavy atom. The molecule has 0 aliphatic carbocycles. The molecule has 1 aromatic rings. The highest BCUT2D eigenvalue weighted by Crippen LogP contribution is 2.06. The van der Waals surface area contributed by atoms with Crippen LogP contribution in [0, 0.1) is 5.82 Å². The summed E-state index contributed by atoms with van der Waals surface area (Å²) in [6, 6.07) is 6.42. The van der Waals surface area contributed by atoms with E-state index in [9.17, 15) is 9.18 Å². The van der Waals surface area contributed by atoms with Gasteiger partial charge in [-0.3, -0.25) is 4.79 Å². The molecule has 0 saturated heterocycles. The zero-order valence-electron chi connectivity index (χ0n) is 10.1. The minimum Gasteiger partial charge on any atom is -0.356 e. The van der Waals surface area contributed by atoms with Crippen molar-refractivity contribution >= 4 is 5.91 Å². The molecule has 0 saturated carbocycles. The second-order valence-corrected chi connectivity index (χ2v) is 4.08. The largest absolute Gasteiger partial charge is 0.356 e. The summed E-state index contributed by atoms with van der Waals surface area (Å²) in [4.78, 5) is 11.5. The molecular formula is C13H19FN2O. The summed E-state index contributed by atoms with van der Waals surface area (Å²) < 4.78 is 13.3. The molecule has 0 heterocycles. The Hall–Kier alpha value is -1.42. The van der Waals surface area contributed by atoms with E-state index in [1.54, 1.807) is 18.2 Å². The fraction of sp³-hybridized carbons (Fsp3) is 0.462. The van der Waals surface area contributed by atoms with Gasteiger partial charge in [0.2, 0.25) is 5.91 Å². The van der Waals surface area contributed by atoms with Crippen LogP contribution in [0.25, 0.3) is 0 Å². The standard InChI is InChI=1S/C13H19FN2O/c1-2-11(15)7-8-16-13(17)9-10-5-3-4-6-12(10)14/h3-6,11H,2,7-9,15H2,1H3,(H,16,17). The molecule has 0 aromatic heterocycles. The van der Waals surface area contributed by atoms with Crippen molar-refractivity contribution in [1.82, 2.24) is 5.32 Å². The number of halogens is 1. The average molecular weight is 238 g/mol. The summed E-state index contributed by atoms with van der Waals surface area (Å²) in [7, 11) is 0. The first-order valence-electron chi connectivity index (χ1n) is 5.89. The number of benzene rings is 1. The molecule has 0 aliphatic rings. The zero-order valence-corrected chi connectivity index (χ0v) is 10.1. The fourth-order valence-electron chi connectivity index (χ4n) is 1.48. The first-order chi connectivity index (χ1) is 8.13. The Bertz CT molecular complexity index is 368. The predicted molar refractivity (Wildman–Crippen MR) is 66.0 cm³/mol. The third kappa shape index (κ3) is 4.95. The van der Waals surface area contributed by atoms with Crippen LogP contribution in [-0.2, 0) is 11.2 Å². The molecule has 4 heteroatoms. The van der Waals surface area contributed by atoms with Gasteiger partial charge in [-0.15, -0.1) is 0 Å². The van der Waals surface area contributed by atoms with Gasteiger partial charge in [-0.25, -0.2) is 4.39 Å². The van der Waals surface area contributed by atoms with E-state index in [0.717, 1.165) is 12.8 Å². The van der Waals surface area contributed by atoms with Crippen LogP contribution in [0.1, 0.15) is 25.3 Å². The Morgan fingerprint density at radius 2 is 2.18 bits per heavy atom. The van der Waals surface area contributed by atoms with E-state index in [-0.39, 0.29) is 24.2 Å². The Morgan fingerprint density at radius 3 is 2.82 bits per heavy atom. The maximum absolute atomic E-state index is 13.3. The van der Waals surface area contributed by atoms with E-state index in [2.05, 4.69) is 5.32 Å². The van der Waals surface area contributed by atoms with Crippen molar-refractivity contribution in [1.29, 1.82) is 0 Å². The molecular weight excluding hydrogens is 219 g/mol. The summed E-state index contributed by atoms with van der Waals surface area (Å²) in [6.45, 7) is 2.55. The maximum atomic E-state index is 13.3. The number of hydrogen-bond donors (Lipinski definition) is 2. The Balaban J connectivity index is 2.33. The van der Waals surface area contributed by atoms with Gasteiger partial charge in [0.1, 0.15) is 5.82 Å². The number of hydrogen-bond acceptors (Lipinski definition) is 2. The van der Waals surface area contributed by atoms with Gasteiger partial charge in [0.05, 0.1) is 6.42 Å². The van der Waals surface area contributed by atoms with Crippen molar-refractivity contribution in [2.75, 3.05) is 6.54 Å². The summed E-state index contributed by atoms with van der Waals surface area (Å²) in [5.74, 6) is -0.508. The topological polar surface area (TPSA) is 55.1 Å². The third-order valence-electron chi connectivity index (χ3n) is 2.67. The summed E-state index contributed by atoms with van der Waals surface area (Å²) in [5.41, 5.74) is 6.15. The second-order valence-electron chi connectivity index (χ2n) is 4.08. The van der Waals surface area contributed by atoms with Crippen molar-refractivity contribution in [3.63, 3.8) is 0 Å². The Kier molecular flexibility index (Phi) is 5.63. The van der Waals surface area contributed by atoms with Crippen LogP contribution >= 0.6 is 0 Å². The van der Waals surface area contributed by atoms with Crippen molar-refractivity contribution in [3.8, 4) is 0 Å². The van der Waals surface area contributed by atoms with Crippen LogP contribution in [0.4, 0.5) is 4.39 Å². The molecule has 1 atom stereocenters. The van der Waals surface area contributed by atoms with E-state index in [1.807, 2.05) is 6.92 Å². The first-order valence-corrected chi connectivity index (χ1v) is 5.89. The summed E-state index contributed by atoms with van der Waals surface area (Å²) >= 11 is 0. The minimum absolute atomic E-state index is 0.0774. The minimum atomic E-state index is -0.340. The van der Waals surface area contributed by atoms with Gasteiger partial charge >= 0.3 is 0 Å². The van der Waals surface area contributed by atoms with Crippen molar-refractivity contribution in [2.45, 2.75) is 32.2 Å². The second kappa shape index (κ2) is 7.01. The SMILES string of the molecule is CCC(N)CCNC(=O)Cc1ccccc1F. The molecule has 0 bridgehead atoms. The lowest BCUT2D eigenvalue weighted by Crippen LogP contribution is -2.31. The van der Waals surface area contributed by atoms with E-state index in [1.165, 1.54) is 6.07 Å². The smallest absolute Gasteiger partial charge is 0.224 e. The number of carbonyl (C=O) groups excluding carboxylic acids is 1. The molecule has 94 valence electrons. The quantitative estimate of drug-likeness (QED) is 0.791. The van der Waals surface area contributed by atoms with Crippen LogP contribution in [0.5, 0.6) is 0 Å². The van der Waals surface area contributed by atoms with E-state index < -0.39 is 0 Å². The third-order valence-corrected chi connectivity index (χ3v) is 2.67. The molecule has 3 N–H and O–H groups in total. The van der Waals surface area contributed by atoms with Gasteiger partial charge in [0.15, 0.2) is 0 Å². The lowest BCUT2D eigenvalue weighted by Gasteiger charge is -2.09. The molecule has 1 aromatic carbocycles. The number of nitrogens with one attached hydrogen (secondary N) is 1. The number of nitrogens with two attached hydrogens (primary N) is 1. The number of rotatable bonds is 6. The van der Waals surface area contributed by atoms with Crippen LogP contribution in [-0.4, -0.2) is 18.5 Å². The normalized spacial score (nSPS) is 12.2. The fourth-order valence-corrected chi connectivity index (χ4v) is 1.48. The lowest BCUT2D eigenvalue weighted by atomic mass is 10.1. The van der Waals surface area contributed by atoms with E-state index in [4.69, 9.17) is 5.73 Å². The van der Waals surface area contributed by atoms with Gasteiger partial charge in [-0.05, 0) is 24.5 Å². The maximum Gasteiger partial charge on any atom is 0.224 e. The molecule has 17 heavy (non-hydrogen) atoms. The van der Waals surface area contributed by atoms with Gasteiger partial charge < -0.3 is 11.1 Å². The molecule has 1 rings (SSSR count). The monoisotopic (exact) mass is 238 g/mol. The van der Waals surface area contributed by atoms with Gasteiger partial charge in [0, 0.05) is 12.6 Å². The van der Waals surface area contributed by atoms with E-state index >= 15 is 0 Å². The van der Waals surface area contributed by atoms with Crippen molar-refractivity contribution in [3.05, 3.63) is 35.6 Å². The van der Waals surface area contributed by atoms with Crippen LogP contribution < -0.4 is 11.1 Å². The molecule has 0 spiro atoms. The van der Waals surface area contributed by atoms with Crippen molar-refractivity contribution < 1.29 is 9.18 Å². The zero-order chi connectivity index (χ0) is 12.7. The molecule has 0 radical (unpaired) electrons. The molecule has 1 amide bonds. The highest BCUT2D eigenvalue weighted by atomic mass is 19.1. The summed E-state index contributed by atoms with van der Waals surface area (Å²) in [6.07, 6.45) is 1.72. The molecule has 1 unspecified atom stereocenters. The molecule has 0 fully saturated rings. The van der Waals surface area contributed by atoms with Gasteiger partial charge in [0.25, 0.3) is 0 Å². The van der Waals surface area contributed by atoms with Crippen molar-refractivity contribution in [2.24, 2.45) is 5.73 Å². The molecule has 3 nitrogen and oxygen atoms in total. The lowest BCUT2D eigenvalue weighted by molar-refractivity contribution is -0.120. The average Bonchev–Trinajstić information content (AvgIpc) is 2.32. The molecule has 0 aliphatic heterocycles. The van der Waals surface area contributed by atoms with Crippen LogP contribution in [0.15, 0.2) is 24.3 Å². The predicted octanol–water partition coefficient (Wildman–Crippen LogP) is 1.61. The number of carbonyl (C=O) groups is 1.